The molecule has 0 aliphatic rings. The summed E-state index contributed by atoms with van der Waals surface area (Å²) in [5, 5.41) is 18.2. The van der Waals surface area contributed by atoms with Gasteiger partial charge in [0.2, 0.25) is 23.6 Å². The van der Waals surface area contributed by atoms with Crippen LogP contribution in [0, 0.1) is 5.92 Å². The Labute approximate surface area is 197 Å². The third-order valence-electron chi connectivity index (χ3n) is 4.76. The number of nitrogens with two attached hydrogens (primary N) is 2. The molecule has 0 radical (unpaired) electrons. The predicted octanol–water partition coefficient (Wildman–Crippen LogP) is -0.654. The van der Waals surface area contributed by atoms with Crippen LogP contribution in [-0.4, -0.2) is 61.0 Å². The van der Waals surface area contributed by atoms with Crippen LogP contribution < -0.4 is 32.2 Å². The lowest BCUT2D eigenvalue weighted by Gasteiger charge is -2.27. The van der Waals surface area contributed by atoms with Gasteiger partial charge in [-0.25, -0.2) is 0 Å². The molecular formula is C21H32ClN5O6. The van der Waals surface area contributed by atoms with Crippen molar-refractivity contribution in [3.05, 3.63) is 28.8 Å². The fourth-order valence-electron chi connectivity index (χ4n) is 3.07. The van der Waals surface area contributed by atoms with Gasteiger partial charge in [-0.15, -0.1) is 0 Å². The second-order valence-corrected chi connectivity index (χ2v) is 8.31. The van der Waals surface area contributed by atoms with Crippen LogP contribution in [0.25, 0.3) is 0 Å². The van der Waals surface area contributed by atoms with E-state index in [1.54, 1.807) is 0 Å². The first kappa shape index (κ1) is 28.1. The molecule has 4 amide bonds. The van der Waals surface area contributed by atoms with Gasteiger partial charge in [-0.1, -0.05) is 31.5 Å². The summed E-state index contributed by atoms with van der Waals surface area (Å²) in [5.41, 5.74) is 11.3. The standard InChI is InChI=1S/C21H32ClN5O6/c1-10(2)7-13(23)19(30)27-17(18(29)11-5-6-15(33-4)12(22)8-11)21(32)26-14(9-16(24)28)20(31)25-3/h5-6,8,10,13-14,17-18,29H,7,9,23H2,1-4H3,(H2,24,28)(H,25,31)(H,26,32)(H,27,30). The first-order valence-corrected chi connectivity index (χ1v) is 10.7. The monoisotopic (exact) mass is 485 g/mol. The zero-order chi connectivity index (χ0) is 25.3. The first-order valence-electron chi connectivity index (χ1n) is 10.3. The molecule has 11 nitrogen and oxygen atoms in total. The Morgan fingerprint density at radius 3 is 2.24 bits per heavy atom. The lowest BCUT2D eigenvalue weighted by atomic mass is 9.99. The molecule has 12 heteroatoms. The van der Waals surface area contributed by atoms with Gasteiger partial charge >= 0.3 is 0 Å². The van der Waals surface area contributed by atoms with E-state index in [9.17, 15) is 24.3 Å². The van der Waals surface area contributed by atoms with Crippen LogP contribution in [0.2, 0.25) is 5.02 Å². The number of nitrogens with one attached hydrogen (secondary N) is 3. The fourth-order valence-corrected chi connectivity index (χ4v) is 3.33. The van der Waals surface area contributed by atoms with E-state index < -0.39 is 54.3 Å². The average Bonchev–Trinajstić information content (AvgIpc) is 2.74. The Kier molecular flexibility index (Phi) is 11.1. The van der Waals surface area contributed by atoms with Crippen LogP contribution in [0.1, 0.15) is 38.4 Å². The summed E-state index contributed by atoms with van der Waals surface area (Å²) in [5.74, 6) is -2.64. The van der Waals surface area contributed by atoms with Gasteiger partial charge in [-0.05, 0) is 30.0 Å². The molecule has 1 aromatic rings. The third kappa shape index (κ3) is 8.52. The number of carbonyl (C=O) groups excluding carboxylic acids is 4. The van der Waals surface area contributed by atoms with Gasteiger partial charge in [-0.3, -0.25) is 19.2 Å². The summed E-state index contributed by atoms with van der Waals surface area (Å²) in [4.78, 5) is 49.1. The normalized spacial score (nSPS) is 14.5. The Balaban J connectivity index is 3.25. The van der Waals surface area contributed by atoms with E-state index >= 15 is 0 Å². The minimum absolute atomic E-state index is 0.108. The van der Waals surface area contributed by atoms with E-state index in [0.717, 1.165) is 0 Å². The summed E-state index contributed by atoms with van der Waals surface area (Å²) >= 11 is 6.12. The number of ether oxygens (including phenoxy) is 1. The topological polar surface area (TPSA) is 186 Å². The molecule has 1 aromatic carbocycles. The van der Waals surface area contributed by atoms with Crippen molar-refractivity contribution in [1.29, 1.82) is 0 Å². The van der Waals surface area contributed by atoms with Crippen LogP contribution in [0.4, 0.5) is 0 Å². The molecule has 0 aliphatic heterocycles. The molecule has 0 aliphatic carbocycles. The molecule has 33 heavy (non-hydrogen) atoms. The lowest BCUT2D eigenvalue weighted by molar-refractivity contribution is -0.135. The molecular weight excluding hydrogens is 454 g/mol. The van der Waals surface area contributed by atoms with E-state index in [4.69, 9.17) is 27.8 Å². The van der Waals surface area contributed by atoms with Crippen molar-refractivity contribution in [3.63, 3.8) is 0 Å². The van der Waals surface area contributed by atoms with E-state index in [-0.39, 0.29) is 16.5 Å². The summed E-state index contributed by atoms with van der Waals surface area (Å²) in [7, 11) is 2.74. The van der Waals surface area contributed by atoms with Crippen LogP contribution in [-0.2, 0) is 19.2 Å². The number of hydrogen-bond donors (Lipinski definition) is 6. The second-order valence-electron chi connectivity index (χ2n) is 7.91. The van der Waals surface area contributed by atoms with Gasteiger partial charge in [-0.2, -0.15) is 0 Å². The minimum Gasteiger partial charge on any atom is -0.495 e. The van der Waals surface area contributed by atoms with Crippen molar-refractivity contribution < 1.29 is 29.0 Å². The third-order valence-corrected chi connectivity index (χ3v) is 5.06. The smallest absolute Gasteiger partial charge is 0.246 e. The highest BCUT2D eigenvalue weighted by atomic mass is 35.5. The molecule has 0 saturated carbocycles. The number of hydrogen-bond acceptors (Lipinski definition) is 7. The number of amides is 4. The van der Waals surface area contributed by atoms with Crippen molar-refractivity contribution in [2.24, 2.45) is 17.4 Å². The van der Waals surface area contributed by atoms with Crippen molar-refractivity contribution in [2.45, 2.75) is 50.9 Å². The summed E-state index contributed by atoms with van der Waals surface area (Å²) < 4.78 is 5.08. The first-order chi connectivity index (χ1) is 15.4. The summed E-state index contributed by atoms with van der Waals surface area (Å²) in [6.45, 7) is 3.76. The summed E-state index contributed by atoms with van der Waals surface area (Å²) in [6.07, 6.45) is -1.71. The van der Waals surface area contributed by atoms with E-state index in [2.05, 4.69) is 16.0 Å². The Morgan fingerprint density at radius 1 is 1.12 bits per heavy atom. The number of benzene rings is 1. The fraction of sp³-hybridized carbons (Fsp3) is 0.524. The van der Waals surface area contributed by atoms with Gasteiger partial charge in [0.25, 0.3) is 0 Å². The SMILES string of the molecule is CNC(=O)C(CC(N)=O)NC(=O)C(NC(=O)C(N)CC(C)C)C(O)c1ccc(OC)c(Cl)c1. The van der Waals surface area contributed by atoms with Crippen molar-refractivity contribution >= 4 is 35.2 Å². The molecule has 1 rings (SSSR count). The number of halogens is 1. The number of likely N-dealkylation sites (N-methyl/N-ethyl adjacent to an activating group) is 1. The molecule has 0 fully saturated rings. The molecule has 0 spiro atoms. The highest BCUT2D eigenvalue weighted by Crippen LogP contribution is 2.29. The van der Waals surface area contributed by atoms with Gasteiger partial charge in [0.1, 0.15) is 23.9 Å². The lowest BCUT2D eigenvalue weighted by Crippen LogP contribution is -2.58. The number of carbonyl (C=O) groups is 4. The van der Waals surface area contributed by atoms with Crippen molar-refractivity contribution in [2.75, 3.05) is 14.2 Å². The molecule has 4 unspecified atom stereocenters. The zero-order valence-electron chi connectivity index (χ0n) is 19.1. The predicted molar refractivity (Wildman–Crippen MR) is 122 cm³/mol. The minimum atomic E-state index is -1.57. The van der Waals surface area contributed by atoms with E-state index in [1.807, 2.05) is 13.8 Å². The van der Waals surface area contributed by atoms with E-state index in [1.165, 1.54) is 32.4 Å². The molecule has 0 bridgehead atoms. The Morgan fingerprint density at radius 2 is 1.76 bits per heavy atom. The number of aliphatic hydroxyl groups excluding tert-OH is 1. The second kappa shape index (κ2) is 13.0. The van der Waals surface area contributed by atoms with Crippen molar-refractivity contribution in [3.8, 4) is 5.75 Å². The van der Waals surface area contributed by atoms with Gasteiger partial charge in [0, 0.05) is 7.05 Å². The maximum atomic E-state index is 13.0. The van der Waals surface area contributed by atoms with Crippen LogP contribution in [0.5, 0.6) is 5.75 Å². The van der Waals surface area contributed by atoms with Crippen LogP contribution >= 0.6 is 11.6 Å². The maximum absolute atomic E-state index is 13.0. The molecule has 4 atom stereocenters. The van der Waals surface area contributed by atoms with Crippen molar-refractivity contribution in [1.82, 2.24) is 16.0 Å². The molecule has 0 aromatic heterocycles. The molecule has 0 heterocycles. The number of aliphatic hydroxyl groups is 1. The van der Waals surface area contributed by atoms with Crippen LogP contribution in [0.15, 0.2) is 18.2 Å². The highest BCUT2D eigenvalue weighted by molar-refractivity contribution is 6.32. The quantitative estimate of drug-likeness (QED) is 0.227. The van der Waals surface area contributed by atoms with Gasteiger partial charge < -0.3 is 37.3 Å². The largest absolute Gasteiger partial charge is 0.495 e. The van der Waals surface area contributed by atoms with E-state index in [0.29, 0.717) is 12.2 Å². The number of methoxy groups -OCH3 is 1. The number of rotatable bonds is 12. The average molecular weight is 486 g/mol. The zero-order valence-corrected chi connectivity index (χ0v) is 19.8. The molecule has 8 N–H and O–H groups in total. The maximum Gasteiger partial charge on any atom is 0.246 e. The molecule has 0 saturated heterocycles. The Hall–Kier alpha value is -2.89. The van der Waals surface area contributed by atoms with Gasteiger partial charge in [0.15, 0.2) is 0 Å². The Bertz CT molecular complexity index is 866. The number of primary amides is 1. The molecule has 184 valence electrons. The summed E-state index contributed by atoms with van der Waals surface area (Å²) in [6, 6.07) is 0.534. The highest BCUT2D eigenvalue weighted by Gasteiger charge is 2.34. The van der Waals surface area contributed by atoms with Gasteiger partial charge in [0.05, 0.1) is 24.6 Å². The van der Waals surface area contributed by atoms with Crippen LogP contribution in [0.3, 0.4) is 0 Å².